The van der Waals surface area contributed by atoms with E-state index in [1.807, 2.05) is 31.2 Å². The number of allylic oxidation sites excluding steroid dienone is 1. The van der Waals surface area contributed by atoms with Gasteiger partial charge in [-0.15, -0.1) is 0 Å². The highest BCUT2D eigenvalue weighted by Crippen LogP contribution is 2.33. The molecule has 4 aromatic carbocycles. The van der Waals surface area contributed by atoms with E-state index in [9.17, 15) is 39.9 Å². The predicted molar refractivity (Wildman–Crippen MR) is 138 cm³/mol. The number of aryl methyl sites for hydroxylation is 1. The van der Waals surface area contributed by atoms with E-state index in [0.717, 1.165) is 30.5 Å². The second kappa shape index (κ2) is 12.0. The second-order valence-corrected chi connectivity index (χ2v) is 9.02. The van der Waals surface area contributed by atoms with Crippen LogP contribution in [-0.4, -0.2) is 12.1 Å². The minimum absolute atomic E-state index is 0.151. The average molecular weight is 576 g/mol. The van der Waals surface area contributed by atoms with E-state index in [1.165, 1.54) is 6.07 Å². The standard InChI is InChI=1S/C31H20F8O2/c1-2-3-17-4-6-18(7-5-17)19-8-9-23(26(34)12-19)30(40)41-21-15-27(35)29(28(36)16-21)20-13-24(32)22(25(33)14-20)10-11-31(37,38)39/h4-16H,2-3H2,1H3/b11-10+. The van der Waals surface area contributed by atoms with Crippen molar-refractivity contribution in [2.75, 3.05) is 0 Å². The third-order valence-electron chi connectivity index (χ3n) is 6.05. The van der Waals surface area contributed by atoms with Gasteiger partial charge in [0.25, 0.3) is 0 Å². The van der Waals surface area contributed by atoms with E-state index in [-0.39, 0.29) is 12.2 Å². The molecule has 0 amide bonds. The summed E-state index contributed by atoms with van der Waals surface area (Å²) in [7, 11) is 0. The van der Waals surface area contributed by atoms with Crippen molar-refractivity contribution >= 4 is 12.0 Å². The van der Waals surface area contributed by atoms with Gasteiger partial charge in [0.1, 0.15) is 34.8 Å². The molecule has 2 nitrogen and oxygen atoms in total. The normalized spacial score (nSPS) is 11.7. The Bertz CT molecular complexity index is 1580. The summed E-state index contributed by atoms with van der Waals surface area (Å²) in [5.74, 6) is -8.63. The van der Waals surface area contributed by atoms with E-state index >= 15 is 0 Å². The fourth-order valence-electron chi connectivity index (χ4n) is 4.13. The van der Waals surface area contributed by atoms with Crippen molar-refractivity contribution in [2.24, 2.45) is 0 Å². The summed E-state index contributed by atoms with van der Waals surface area (Å²) in [6.07, 6.45) is -3.21. The van der Waals surface area contributed by atoms with Crippen molar-refractivity contribution in [1.29, 1.82) is 0 Å². The van der Waals surface area contributed by atoms with Gasteiger partial charge in [0, 0.05) is 23.8 Å². The summed E-state index contributed by atoms with van der Waals surface area (Å²) >= 11 is 0. The number of carbonyl (C=O) groups is 1. The van der Waals surface area contributed by atoms with Crippen LogP contribution in [-0.2, 0) is 6.42 Å². The predicted octanol–water partition coefficient (Wildman–Crippen LogP) is 9.46. The van der Waals surface area contributed by atoms with Gasteiger partial charge in [-0.1, -0.05) is 43.7 Å². The van der Waals surface area contributed by atoms with Crippen LogP contribution in [0, 0.1) is 29.1 Å². The van der Waals surface area contributed by atoms with Crippen molar-refractivity contribution in [1.82, 2.24) is 0 Å². The van der Waals surface area contributed by atoms with Gasteiger partial charge >= 0.3 is 12.1 Å². The number of hydrogen-bond acceptors (Lipinski definition) is 2. The smallest absolute Gasteiger partial charge is 0.409 e. The lowest BCUT2D eigenvalue weighted by Gasteiger charge is -2.11. The summed E-state index contributed by atoms with van der Waals surface area (Å²) < 4.78 is 115. The third kappa shape index (κ3) is 7.00. The molecule has 0 radical (unpaired) electrons. The lowest BCUT2D eigenvalue weighted by Crippen LogP contribution is -2.11. The number of hydrogen-bond donors (Lipinski definition) is 0. The highest BCUT2D eigenvalue weighted by atomic mass is 19.4. The van der Waals surface area contributed by atoms with Crippen LogP contribution in [0.4, 0.5) is 35.1 Å². The van der Waals surface area contributed by atoms with Crippen LogP contribution in [0.2, 0.25) is 0 Å². The highest BCUT2D eigenvalue weighted by Gasteiger charge is 2.24. The molecule has 4 rings (SSSR count). The quantitative estimate of drug-likeness (QED) is 0.124. The topological polar surface area (TPSA) is 26.3 Å². The Balaban J connectivity index is 1.55. The molecule has 212 valence electrons. The Morgan fingerprint density at radius 2 is 1.29 bits per heavy atom. The molecule has 0 aliphatic heterocycles. The summed E-state index contributed by atoms with van der Waals surface area (Å²) in [5, 5.41) is 0. The van der Waals surface area contributed by atoms with Crippen LogP contribution in [0.1, 0.15) is 34.8 Å². The minimum atomic E-state index is -4.84. The molecule has 41 heavy (non-hydrogen) atoms. The molecule has 0 heterocycles. The van der Waals surface area contributed by atoms with Crippen LogP contribution < -0.4 is 4.74 Å². The van der Waals surface area contributed by atoms with E-state index in [1.54, 1.807) is 0 Å². The maximum Gasteiger partial charge on any atom is 0.409 e. The number of alkyl halides is 3. The molecule has 0 saturated carbocycles. The fraction of sp³-hybridized carbons (Fsp3) is 0.129. The second-order valence-electron chi connectivity index (χ2n) is 9.02. The van der Waals surface area contributed by atoms with Gasteiger partial charge in [-0.25, -0.2) is 26.7 Å². The maximum absolute atomic E-state index is 14.8. The van der Waals surface area contributed by atoms with Gasteiger partial charge in [0.15, 0.2) is 0 Å². The summed E-state index contributed by atoms with van der Waals surface area (Å²) in [5.41, 5.74) is -0.820. The Hall–Kier alpha value is -4.47. The SMILES string of the molecule is CCCc1ccc(-c2ccc(C(=O)Oc3cc(F)c(-c4cc(F)c(/C=C/C(F)(F)F)c(F)c4)c(F)c3)c(F)c2)cc1. The fourth-order valence-corrected chi connectivity index (χ4v) is 4.13. The zero-order valence-electron chi connectivity index (χ0n) is 21.3. The molecular weight excluding hydrogens is 556 g/mol. The first-order valence-corrected chi connectivity index (χ1v) is 12.2. The van der Waals surface area contributed by atoms with E-state index in [2.05, 4.69) is 0 Å². The maximum atomic E-state index is 14.8. The van der Waals surface area contributed by atoms with Crippen LogP contribution in [0.15, 0.2) is 72.8 Å². The molecule has 0 atom stereocenters. The van der Waals surface area contributed by atoms with Gasteiger partial charge in [-0.2, -0.15) is 13.2 Å². The minimum Gasteiger partial charge on any atom is -0.423 e. The summed E-state index contributed by atoms with van der Waals surface area (Å²) in [6, 6.07) is 13.2. The van der Waals surface area contributed by atoms with Crippen LogP contribution >= 0.6 is 0 Å². The largest absolute Gasteiger partial charge is 0.423 e. The molecule has 0 fully saturated rings. The van der Waals surface area contributed by atoms with Gasteiger partial charge in [0.05, 0.1) is 11.1 Å². The third-order valence-corrected chi connectivity index (χ3v) is 6.05. The van der Waals surface area contributed by atoms with Crippen molar-refractivity contribution in [2.45, 2.75) is 25.9 Å². The number of ether oxygens (including phenoxy) is 1. The molecule has 0 aromatic heterocycles. The van der Waals surface area contributed by atoms with Crippen molar-refractivity contribution < 1.29 is 44.7 Å². The molecular formula is C31H20F8O2. The Morgan fingerprint density at radius 1 is 0.732 bits per heavy atom. The number of esters is 1. The molecule has 0 aliphatic carbocycles. The average Bonchev–Trinajstić information content (AvgIpc) is 2.87. The molecule has 0 N–H and O–H groups in total. The summed E-state index contributed by atoms with van der Waals surface area (Å²) in [6.45, 7) is 2.05. The van der Waals surface area contributed by atoms with E-state index < -0.39 is 69.2 Å². The molecule has 0 unspecified atom stereocenters. The molecule has 0 aliphatic rings. The molecule has 4 aromatic rings. The van der Waals surface area contributed by atoms with E-state index in [4.69, 9.17) is 4.74 Å². The first-order valence-electron chi connectivity index (χ1n) is 12.2. The Labute approximate surface area is 229 Å². The van der Waals surface area contributed by atoms with Crippen LogP contribution in [0.3, 0.4) is 0 Å². The molecule has 0 saturated heterocycles. The Kier molecular flexibility index (Phi) is 8.60. The van der Waals surface area contributed by atoms with E-state index in [0.29, 0.717) is 35.4 Å². The monoisotopic (exact) mass is 576 g/mol. The van der Waals surface area contributed by atoms with Gasteiger partial charge in [-0.05, 0) is 59.0 Å². The lowest BCUT2D eigenvalue weighted by atomic mass is 10.0. The zero-order chi connectivity index (χ0) is 29.9. The first kappa shape index (κ1) is 29.5. The number of halogens is 8. The molecule has 0 bridgehead atoms. The van der Waals surface area contributed by atoms with Crippen molar-refractivity contribution in [3.05, 3.63) is 119 Å². The van der Waals surface area contributed by atoms with Crippen LogP contribution in [0.25, 0.3) is 28.3 Å². The number of carbonyl (C=O) groups excluding carboxylic acids is 1. The van der Waals surface area contributed by atoms with Crippen LogP contribution in [0.5, 0.6) is 5.75 Å². The van der Waals surface area contributed by atoms with Crippen molar-refractivity contribution in [3.8, 4) is 28.0 Å². The molecule has 0 spiro atoms. The Morgan fingerprint density at radius 3 is 1.83 bits per heavy atom. The number of rotatable bonds is 7. The molecule has 10 heteroatoms. The first-order chi connectivity index (χ1) is 19.4. The highest BCUT2D eigenvalue weighted by molar-refractivity contribution is 5.92. The summed E-state index contributed by atoms with van der Waals surface area (Å²) in [4.78, 5) is 12.5. The van der Waals surface area contributed by atoms with Gasteiger partial charge < -0.3 is 4.74 Å². The van der Waals surface area contributed by atoms with Gasteiger partial charge in [-0.3, -0.25) is 0 Å². The zero-order valence-corrected chi connectivity index (χ0v) is 21.3. The number of benzene rings is 4. The lowest BCUT2D eigenvalue weighted by molar-refractivity contribution is -0.0790. The van der Waals surface area contributed by atoms with Crippen molar-refractivity contribution in [3.63, 3.8) is 0 Å². The van der Waals surface area contributed by atoms with Gasteiger partial charge in [0.2, 0.25) is 0 Å².